The third-order valence-electron chi connectivity index (χ3n) is 4.34. The highest BCUT2D eigenvalue weighted by Crippen LogP contribution is 2.19. The largest absolute Gasteiger partial charge is 0.324 e. The number of fused-ring (bicyclic) bond motifs is 1. The van der Waals surface area contributed by atoms with Crippen LogP contribution in [0.2, 0.25) is 0 Å². The van der Waals surface area contributed by atoms with Gasteiger partial charge in [0.25, 0.3) is 0 Å². The number of hydrogen-bond acceptors (Lipinski definition) is 1. The van der Waals surface area contributed by atoms with Crippen molar-refractivity contribution in [1.82, 2.24) is 9.55 Å². The van der Waals surface area contributed by atoms with Crippen molar-refractivity contribution in [3.63, 3.8) is 0 Å². The van der Waals surface area contributed by atoms with Gasteiger partial charge in [-0.15, -0.1) is 0 Å². The number of aromatic nitrogens is 2. The monoisotopic (exact) mass is 324 g/mol. The van der Waals surface area contributed by atoms with E-state index in [4.69, 9.17) is 4.98 Å². The van der Waals surface area contributed by atoms with E-state index in [0.29, 0.717) is 0 Å². The Hall–Kier alpha value is -3.13. The number of benzene rings is 3. The van der Waals surface area contributed by atoms with Crippen LogP contribution in [0.1, 0.15) is 17.0 Å². The molecule has 0 aliphatic carbocycles. The molecule has 0 fully saturated rings. The lowest BCUT2D eigenvalue weighted by atomic mass is 10.1. The van der Waals surface area contributed by atoms with Crippen LogP contribution in [0.5, 0.6) is 0 Å². The van der Waals surface area contributed by atoms with Gasteiger partial charge in [-0.1, -0.05) is 84.9 Å². The molecule has 0 amide bonds. The minimum Gasteiger partial charge on any atom is -0.324 e. The van der Waals surface area contributed by atoms with E-state index in [0.717, 1.165) is 24.3 Å². The second kappa shape index (κ2) is 7.18. The number of rotatable bonds is 5. The Kier molecular flexibility index (Phi) is 4.42. The molecule has 0 saturated carbocycles. The second-order valence-electron chi connectivity index (χ2n) is 6.10. The molecule has 0 aliphatic rings. The molecular formula is C23H20N2. The maximum Gasteiger partial charge on any atom is 0.114 e. The summed E-state index contributed by atoms with van der Waals surface area (Å²) in [6.07, 6.45) is 5.22. The lowest BCUT2D eigenvalue weighted by Gasteiger charge is -2.07. The summed E-state index contributed by atoms with van der Waals surface area (Å²) in [6.45, 7) is 0.817. The third kappa shape index (κ3) is 3.53. The van der Waals surface area contributed by atoms with Gasteiger partial charge in [-0.25, -0.2) is 4.98 Å². The summed E-state index contributed by atoms with van der Waals surface area (Å²) in [7, 11) is 0. The predicted molar refractivity (Wildman–Crippen MR) is 104 cm³/mol. The molecule has 0 spiro atoms. The van der Waals surface area contributed by atoms with Crippen LogP contribution in [-0.2, 0) is 13.0 Å². The van der Waals surface area contributed by atoms with Crippen LogP contribution in [-0.4, -0.2) is 9.55 Å². The van der Waals surface area contributed by atoms with Crippen LogP contribution in [0.25, 0.3) is 17.1 Å². The molecule has 1 aromatic heterocycles. The molecule has 3 aromatic carbocycles. The van der Waals surface area contributed by atoms with E-state index < -0.39 is 0 Å². The van der Waals surface area contributed by atoms with Crippen LogP contribution in [0.3, 0.4) is 0 Å². The van der Waals surface area contributed by atoms with Gasteiger partial charge in [0.1, 0.15) is 5.82 Å². The van der Waals surface area contributed by atoms with Crippen molar-refractivity contribution in [2.24, 2.45) is 0 Å². The van der Waals surface area contributed by atoms with Crippen molar-refractivity contribution in [2.75, 3.05) is 0 Å². The molecular weight excluding hydrogens is 304 g/mol. The fourth-order valence-electron chi connectivity index (χ4n) is 3.10. The Morgan fingerprint density at radius 2 is 1.44 bits per heavy atom. The van der Waals surface area contributed by atoms with Crippen molar-refractivity contribution in [3.8, 4) is 0 Å². The zero-order chi connectivity index (χ0) is 16.9. The predicted octanol–water partition coefficient (Wildman–Crippen LogP) is 5.34. The van der Waals surface area contributed by atoms with Crippen LogP contribution >= 0.6 is 0 Å². The zero-order valence-corrected chi connectivity index (χ0v) is 14.0. The molecule has 0 unspecified atom stereocenters. The van der Waals surface area contributed by atoms with Gasteiger partial charge in [-0.05, 0) is 23.3 Å². The zero-order valence-electron chi connectivity index (χ0n) is 14.0. The molecule has 2 nitrogen and oxygen atoms in total. The minimum absolute atomic E-state index is 0.817. The Bertz CT molecular complexity index is 982. The van der Waals surface area contributed by atoms with Crippen molar-refractivity contribution in [1.29, 1.82) is 0 Å². The average Bonchev–Trinajstić information content (AvgIpc) is 3.01. The van der Waals surface area contributed by atoms with E-state index >= 15 is 0 Å². The standard InChI is InChI=1S/C23H20N2/c1-3-10-19(11-4-1)14-9-17-25-22-16-8-7-15-21(22)24-23(25)18-20-12-5-2-6-13-20/h1-16H,17-18H2/b14-9+. The van der Waals surface area contributed by atoms with Crippen LogP contribution in [0.15, 0.2) is 91.0 Å². The number of para-hydroxylation sites is 2. The highest BCUT2D eigenvalue weighted by atomic mass is 15.1. The molecule has 25 heavy (non-hydrogen) atoms. The number of imidazole rings is 1. The maximum absolute atomic E-state index is 4.86. The van der Waals surface area contributed by atoms with Gasteiger partial charge < -0.3 is 4.57 Å². The van der Waals surface area contributed by atoms with Gasteiger partial charge >= 0.3 is 0 Å². The van der Waals surface area contributed by atoms with E-state index in [9.17, 15) is 0 Å². The smallest absolute Gasteiger partial charge is 0.114 e. The van der Waals surface area contributed by atoms with Gasteiger partial charge in [-0.2, -0.15) is 0 Å². The van der Waals surface area contributed by atoms with Gasteiger partial charge in [-0.3, -0.25) is 0 Å². The van der Waals surface area contributed by atoms with Crippen molar-refractivity contribution in [3.05, 3.63) is 108 Å². The van der Waals surface area contributed by atoms with Crippen LogP contribution in [0.4, 0.5) is 0 Å². The van der Waals surface area contributed by atoms with E-state index in [1.54, 1.807) is 0 Å². The van der Waals surface area contributed by atoms with Crippen LogP contribution < -0.4 is 0 Å². The Balaban J connectivity index is 1.66. The van der Waals surface area contributed by atoms with Gasteiger partial charge in [0.15, 0.2) is 0 Å². The first-order chi connectivity index (χ1) is 12.4. The molecule has 0 saturated heterocycles. The highest BCUT2D eigenvalue weighted by Gasteiger charge is 2.09. The van der Waals surface area contributed by atoms with Crippen molar-refractivity contribution in [2.45, 2.75) is 13.0 Å². The highest BCUT2D eigenvalue weighted by molar-refractivity contribution is 5.76. The lowest BCUT2D eigenvalue weighted by Crippen LogP contribution is -2.03. The Morgan fingerprint density at radius 3 is 2.24 bits per heavy atom. The second-order valence-corrected chi connectivity index (χ2v) is 6.10. The first-order valence-corrected chi connectivity index (χ1v) is 8.60. The SMILES string of the molecule is C(=C\c1ccccc1)/Cn1c(Cc2ccccc2)nc2ccccc21. The van der Waals surface area contributed by atoms with Gasteiger partial charge in [0.05, 0.1) is 11.0 Å². The molecule has 4 rings (SSSR count). The van der Waals surface area contributed by atoms with Crippen molar-refractivity contribution >= 4 is 17.1 Å². The number of allylic oxidation sites excluding steroid dienone is 1. The Labute approximate surface area is 148 Å². The minimum atomic E-state index is 0.817. The maximum atomic E-state index is 4.86. The molecule has 0 bridgehead atoms. The quantitative estimate of drug-likeness (QED) is 0.484. The molecule has 0 radical (unpaired) electrons. The van der Waals surface area contributed by atoms with Gasteiger partial charge in [0.2, 0.25) is 0 Å². The van der Waals surface area contributed by atoms with Gasteiger partial charge in [0, 0.05) is 13.0 Å². The van der Waals surface area contributed by atoms with Crippen LogP contribution in [0, 0.1) is 0 Å². The molecule has 122 valence electrons. The molecule has 0 atom stereocenters. The summed E-state index contributed by atoms with van der Waals surface area (Å²) < 4.78 is 2.31. The number of hydrogen-bond donors (Lipinski definition) is 0. The third-order valence-corrected chi connectivity index (χ3v) is 4.34. The summed E-state index contributed by atoms with van der Waals surface area (Å²) in [5.74, 6) is 1.10. The topological polar surface area (TPSA) is 17.8 Å². The molecule has 2 heteroatoms. The summed E-state index contributed by atoms with van der Waals surface area (Å²) >= 11 is 0. The molecule has 0 aliphatic heterocycles. The first-order valence-electron chi connectivity index (χ1n) is 8.60. The summed E-state index contributed by atoms with van der Waals surface area (Å²) in [4.78, 5) is 4.86. The first kappa shape index (κ1) is 15.4. The fourth-order valence-corrected chi connectivity index (χ4v) is 3.10. The Morgan fingerprint density at radius 1 is 0.760 bits per heavy atom. The lowest BCUT2D eigenvalue weighted by molar-refractivity contribution is 0.781. The summed E-state index contributed by atoms with van der Waals surface area (Å²) in [6, 6.07) is 29.3. The summed E-state index contributed by atoms with van der Waals surface area (Å²) in [5.41, 5.74) is 4.75. The average molecular weight is 324 g/mol. The van der Waals surface area contributed by atoms with E-state index in [1.165, 1.54) is 16.6 Å². The fraction of sp³-hybridized carbons (Fsp3) is 0.0870. The molecule has 0 N–H and O–H groups in total. The van der Waals surface area contributed by atoms with Crippen molar-refractivity contribution < 1.29 is 0 Å². The molecule has 4 aromatic rings. The molecule has 1 heterocycles. The summed E-state index contributed by atoms with van der Waals surface area (Å²) in [5, 5.41) is 0. The van der Waals surface area contributed by atoms with E-state index in [2.05, 4.69) is 89.5 Å². The normalized spacial score (nSPS) is 11.4. The number of nitrogens with zero attached hydrogens (tertiary/aromatic N) is 2. The van der Waals surface area contributed by atoms with E-state index in [1.807, 2.05) is 12.1 Å². The van der Waals surface area contributed by atoms with E-state index in [-0.39, 0.29) is 0 Å².